The molecule has 3 rings (SSSR count). The molecule has 0 atom stereocenters. The lowest BCUT2D eigenvalue weighted by Crippen LogP contribution is -2.27. The number of nitrogens with zero attached hydrogens (tertiary/aromatic N) is 1. The van der Waals surface area contributed by atoms with E-state index in [-0.39, 0.29) is 11.1 Å². The van der Waals surface area contributed by atoms with E-state index in [9.17, 15) is 9.59 Å². The van der Waals surface area contributed by atoms with Crippen LogP contribution in [0.15, 0.2) is 41.3 Å². The zero-order chi connectivity index (χ0) is 21.0. The number of carbonyl (C=O) groups excluding carboxylic acids is 2. The minimum Gasteiger partial charge on any atom is -0.493 e. The van der Waals surface area contributed by atoms with Gasteiger partial charge in [0.25, 0.3) is 11.1 Å². The molecule has 6 heteroatoms. The second kappa shape index (κ2) is 9.18. The molecule has 1 aliphatic rings. The van der Waals surface area contributed by atoms with Crippen LogP contribution in [0.5, 0.6) is 11.5 Å². The highest BCUT2D eigenvalue weighted by atomic mass is 32.2. The molecule has 0 saturated carbocycles. The van der Waals surface area contributed by atoms with Crippen LogP contribution in [0.2, 0.25) is 0 Å². The summed E-state index contributed by atoms with van der Waals surface area (Å²) in [6.45, 7) is 6.69. The van der Waals surface area contributed by atoms with E-state index < -0.39 is 0 Å². The van der Waals surface area contributed by atoms with E-state index in [0.29, 0.717) is 28.7 Å². The third-order valence-electron chi connectivity index (χ3n) is 4.78. The highest BCUT2D eigenvalue weighted by molar-refractivity contribution is 8.19. The van der Waals surface area contributed by atoms with Crippen molar-refractivity contribution in [1.82, 2.24) is 0 Å². The van der Waals surface area contributed by atoms with Gasteiger partial charge >= 0.3 is 0 Å². The van der Waals surface area contributed by atoms with Gasteiger partial charge in [0.15, 0.2) is 11.5 Å². The van der Waals surface area contributed by atoms with E-state index in [1.807, 2.05) is 44.2 Å². The van der Waals surface area contributed by atoms with Crippen LogP contribution in [-0.2, 0) is 4.79 Å². The number of hydrogen-bond donors (Lipinski definition) is 0. The Morgan fingerprint density at radius 1 is 1.03 bits per heavy atom. The van der Waals surface area contributed by atoms with Crippen molar-refractivity contribution in [1.29, 1.82) is 0 Å². The van der Waals surface area contributed by atoms with Gasteiger partial charge in [0.05, 0.1) is 24.3 Å². The summed E-state index contributed by atoms with van der Waals surface area (Å²) in [5.41, 5.74) is 3.52. The van der Waals surface area contributed by atoms with Crippen molar-refractivity contribution < 1.29 is 19.1 Å². The van der Waals surface area contributed by atoms with Gasteiger partial charge in [-0.25, -0.2) is 4.90 Å². The van der Waals surface area contributed by atoms with Crippen LogP contribution < -0.4 is 14.4 Å². The molecule has 0 aliphatic carbocycles. The predicted molar refractivity (Wildman–Crippen MR) is 118 cm³/mol. The molecule has 0 radical (unpaired) electrons. The third-order valence-corrected chi connectivity index (χ3v) is 5.65. The summed E-state index contributed by atoms with van der Waals surface area (Å²) in [6, 6.07) is 11.1. The summed E-state index contributed by atoms with van der Waals surface area (Å²) in [4.78, 5) is 27.0. The van der Waals surface area contributed by atoms with Gasteiger partial charge in [-0.1, -0.05) is 25.5 Å². The molecule has 0 aromatic heterocycles. The Hall–Kier alpha value is -2.73. The quantitative estimate of drug-likeness (QED) is 0.430. The first-order valence-corrected chi connectivity index (χ1v) is 10.4. The van der Waals surface area contributed by atoms with Crippen LogP contribution in [0.25, 0.3) is 6.08 Å². The number of methoxy groups -OCH3 is 1. The first-order chi connectivity index (χ1) is 13.9. The molecule has 0 bridgehead atoms. The molecule has 2 aromatic carbocycles. The van der Waals surface area contributed by atoms with Gasteiger partial charge in [0, 0.05) is 0 Å². The van der Waals surface area contributed by atoms with Gasteiger partial charge in [-0.15, -0.1) is 0 Å². The van der Waals surface area contributed by atoms with Crippen LogP contribution in [0, 0.1) is 13.8 Å². The van der Waals surface area contributed by atoms with Crippen molar-refractivity contribution in [3.63, 3.8) is 0 Å². The molecule has 1 saturated heterocycles. The highest BCUT2D eigenvalue weighted by Crippen LogP contribution is 2.37. The number of amides is 2. The number of hydrogen-bond acceptors (Lipinski definition) is 5. The number of carbonyl (C=O) groups is 2. The first-order valence-electron chi connectivity index (χ1n) is 9.60. The van der Waals surface area contributed by atoms with Gasteiger partial charge in [0.1, 0.15) is 0 Å². The summed E-state index contributed by atoms with van der Waals surface area (Å²) in [5, 5.41) is -0.295. The van der Waals surface area contributed by atoms with Crippen molar-refractivity contribution in [2.45, 2.75) is 33.6 Å². The number of thioether (sulfide) groups is 1. The minimum absolute atomic E-state index is 0.295. The number of unbranched alkanes of at least 4 members (excludes halogenated alkanes) is 1. The second-order valence-corrected chi connectivity index (χ2v) is 7.89. The van der Waals surface area contributed by atoms with Gasteiger partial charge in [-0.3, -0.25) is 9.59 Å². The molecule has 1 heterocycles. The van der Waals surface area contributed by atoms with Gasteiger partial charge in [0.2, 0.25) is 0 Å². The van der Waals surface area contributed by atoms with E-state index in [1.165, 1.54) is 4.90 Å². The van der Waals surface area contributed by atoms with Crippen molar-refractivity contribution in [3.05, 3.63) is 58.0 Å². The molecular formula is C23H25NO4S. The SMILES string of the molecule is CCCCOc1ccc(/C=C2\SC(=O)N(c3ccc(C)c(C)c3)C2=O)cc1OC. The largest absolute Gasteiger partial charge is 0.493 e. The van der Waals surface area contributed by atoms with Crippen LogP contribution in [-0.4, -0.2) is 24.9 Å². The average molecular weight is 412 g/mol. The summed E-state index contributed by atoms with van der Waals surface area (Å²) >= 11 is 0.943. The fourth-order valence-corrected chi connectivity index (χ4v) is 3.77. The van der Waals surface area contributed by atoms with Gasteiger partial charge in [-0.05, 0) is 79.1 Å². The first kappa shape index (κ1) is 21.0. The topological polar surface area (TPSA) is 55.8 Å². The summed E-state index contributed by atoms with van der Waals surface area (Å²) in [6.07, 6.45) is 3.73. The molecule has 5 nitrogen and oxygen atoms in total. The molecule has 0 N–H and O–H groups in total. The van der Waals surface area contributed by atoms with Crippen LogP contribution in [0.1, 0.15) is 36.5 Å². The lowest BCUT2D eigenvalue weighted by molar-refractivity contribution is -0.113. The van der Waals surface area contributed by atoms with E-state index >= 15 is 0 Å². The Bertz CT molecular complexity index is 967. The highest BCUT2D eigenvalue weighted by Gasteiger charge is 2.36. The van der Waals surface area contributed by atoms with Crippen molar-refractivity contribution in [3.8, 4) is 11.5 Å². The lowest BCUT2D eigenvalue weighted by atomic mass is 10.1. The Balaban J connectivity index is 1.84. The van der Waals surface area contributed by atoms with Crippen molar-refractivity contribution in [2.24, 2.45) is 0 Å². The van der Waals surface area contributed by atoms with Crippen molar-refractivity contribution in [2.75, 3.05) is 18.6 Å². The molecule has 0 unspecified atom stereocenters. The van der Waals surface area contributed by atoms with Gasteiger partial charge in [-0.2, -0.15) is 0 Å². The Morgan fingerprint density at radius 2 is 1.83 bits per heavy atom. The molecule has 152 valence electrons. The molecule has 1 fully saturated rings. The maximum Gasteiger partial charge on any atom is 0.298 e. The van der Waals surface area contributed by atoms with E-state index in [0.717, 1.165) is 41.3 Å². The molecule has 0 spiro atoms. The lowest BCUT2D eigenvalue weighted by Gasteiger charge is -2.14. The summed E-state index contributed by atoms with van der Waals surface area (Å²) < 4.78 is 11.2. The molecule has 29 heavy (non-hydrogen) atoms. The molecular weight excluding hydrogens is 386 g/mol. The molecule has 2 aromatic rings. The maximum absolute atomic E-state index is 12.9. The van der Waals surface area contributed by atoms with E-state index in [4.69, 9.17) is 9.47 Å². The summed E-state index contributed by atoms with van der Waals surface area (Å²) in [5.74, 6) is 0.954. The smallest absolute Gasteiger partial charge is 0.298 e. The van der Waals surface area contributed by atoms with Crippen molar-refractivity contribution >= 4 is 34.7 Å². The minimum atomic E-state index is -0.314. The van der Waals surface area contributed by atoms with Crippen LogP contribution >= 0.6 is 11.8 Å². The third kappa shape index (κ3) is 4.65. The average Bonchev–Trinajstić information content (AvgIpc) is 2.98. The second-order valence-electron chi connectivity index (χ2n) is 6.90. The fraction of sp³-hybridized carbons (Fsp3) is 0.304. The molecule has 1 aliphatic heterocycles. The Morgan fingerprint density at radius 3 is 2.52 bits per heavy atom. The number of rotatable bonds is 7. The van der Waals surface area contributed by atoms with Crippen LogP contribution in [0.3, 0.4) is 0 Å². The van der Waals surface area contributed by atoms with E-state index in [2.05, 4.69) is 6.92 Å². The number of imide groups is 1. The molecule has 2 amide bonds. The summed E-state index contributed by atoms with van der Waals surface area (Å²) in [7, 11) is 1.58. The normalized spacial score (nSPS) is 15.3. The Kier molecular flexibility index (Phi) is 6.64. The monoisotopic (exact) mass is 411 g/mol. The standard InChI is InChI=1S/C23H25NO4S/c1-5-6-11-28-19-10-8-17(13-20(19)27-4)14-21-22(25)24(23(26)29-21)18-9-7-15(2)16(3)12-18/h7-10,12-14H,5-6,11H2,1-4H3/b21-14-. The number of benzene rings is 2. The predicted octanol–water partition coefficient (Wildman–Crippen LogP) is 5.73. The maximum atomic E-state index is 12.9. The zero-order valence-corrected chi connectivity index (χ0v) is 18.0. The number of ether oxygens (including phenoxy) is 2. The number of aryl methyl sites for hydroxylation is 2. The van der Waals surface area contributed by atoms with Gasteiger partial charge < -0.3 is 9.47 Å². The zero-order valence-electron chi connectivity index (χ0n) is 17.2. The fourth-order valence-electron chi connectivity index (χ4n) is 2.93. The van der Waals surface area contributed by atoms with Crippen LogP contribution in [0.4, 0.5) is 10.5 Å². The Labute approximate surface area is 175 Å². The number of anilines is 1. The van der Waals surface area contributed by atoms with E-state index in [1.54, 1.807) is 19.3 Å².